The van der Waals surface area contributed by atoms with E-state index in [1.54, 1.807) is 30.3 Å². The van der Waals surface area contributed by atoms with E-state index in [0.717, 1.165) is 44.1 Å². The molecule has 2 amide bonds. The van der Waals surface area contributed by atoms with Crippen molar-refractivity contribution in [1.29, 1.82) is 0 Å². The van der Waals surface area contributed by atoms with Gasteiger partial charge in [0.05, 0.1) is 7.11 Å². The Kier molecular flexibility index (Phi) is 7.53. The van der Waals surface area contributed by atoms with Gasteiger partial charge < -0.3 is 15.4 Å². The van der Waals surface area contributed by atoms with Crippen molar-refractivity contribution in [2.24, 2.45) is 0 Å². The van der Waals surface area contributed by atoms with Gasteiger partial charge in [0.1, 0.15) is 10.6 Å². The van der Waals surface area contributed by atoms with Gasteiger partial charge in [0.2, 0.25) is 10.0 Å². The van der Waals surface area contributed by atoms with Crippen LogP contribution < -0.4 is 15.4 Å². The second-order valence-corrected chi connectivity index (χ2v) is 10.7. The average Bonchev–Trinajstić information content (AvgIpc) is 3.69. The van der Waals surface area contributed by atoms with E-state index in [4.69, 9.17) is 4.74 Å². The lowest BCUT2D eigenvalue weighted by molar-refractivity contribution is 0.0941. The summed E-state index contributed by atoms with van der Waals surface area (Å²) >= 11 is 0. The highest BCUT2D eigenvalue weighted by molar-refractivity contribution is 7.89. The van der Waals surface area contributed by atoms with Crippen LogP contribution in [0.3, 0.4) is 0 Å². The lowest BCUT2D eigenvalue weighted by Gasteiger charge is -2.21. The van der Waals surface area contributed by atoms with Crippen molar-refractivity contribution in [3.05, 3.63) is 59.2 Å². The van der Waals surface area contributed by atoms with Crippen LogP contribution >= 0.6 is 0 Å². The molecule has 0 radical (unpaired) electrons. The third kappa shape index (κ3) is 5.77. The number of rotatable bonds is 8. The largest absolute Gasteiger partial charge is 0.495 e. The van der Waals surface area contributed by atoms with E-state index in [9.17, 15) is 18.0 Å². The molecule has 182 valence electrons. The number of sulfonamides is 1. The van der Waals surface area contributed by atoms with Crippen molar-refractivity contribution >= 4 is 21.8 Å². The molecule has 0 atom stereocenters. The van der Waals surface area contributed by atoms with Gasteiger partial charge in [-0.2, -0.15) is 4.31 Å². The van der Waals surface area contributed by atoms with E-state index in [0.29, 0.717) is 24.7 Å². The van der Waals surface area contributed by atoms with Crippen LogP contribution in [0.25, 0.3) is 0 Å². The first-order valence-corrected chi connectivity index (χ1v) is 13.2. The monoisotopic (exact) mass is 485 g/mol. The number of hydrogen-bond donors (Lipinski definition) is 2. The highest BCUT2D eigenvalue weighted by atomic mass is 32.2. The van der Waals surface area contributed by atoms with E-state index in [1.165, 1.54) is 23.5 Å². The molecule has 4 rings (SSSR count). The summed E-state index contributed by atoms with van der Waals surface area (Å²) in [7, 11) is -2.36. The van der Waals surface area contributed by atoms with Gasteiger partial charge in [-0.05, 0) is 61.6 Å². The van der Waals surface area contributed by atoms with Gasteiger partial charge in [-0.15, -0.1) is 0 Å². The number of ether oxygens (including phenoxy) is 1. The van der Waals surface area contributed by atoms with Gasteiger partial charge in [-0.1, -0.05) is 25.0 Å². The third-order valence-electron chi connectivity index (χ3n) is 6.19. The zero-order valence-electron chi connectivity index (χ0n) is 19.4. The number of methoxy groups -OCH3 is 1. The van der Waals surface area contributed by atoms with Gasteiger partial charge >= 0.3 is 0 Å². The van der Waals surface area contributed by atoms with Gasteiger partial charge in [0.15, 0.2) is 0 Å². The van der Waals surface area contributed by atoms with Gasteiger partial charge in [0.25, 0.3) is 11.8 Å². The molecular weight excluding hydrogens is 454 g/mol. The van der Waals surface area contributed by atoms with Gasteiger partial charge in [-0.3, -0.25) is 9.59 Å². The molecule has 8 nitrogen and oxygen atoms in total. The predicted molar refractivity (Wildman–Crippen MR) is 128 cm³/mol. The highest BCUT2D eigenvalue weighted by Gasteiger charge is 2.29. The molecule has 1 aliphatic heterocycles. The summed E-state index contributed by atoms with van der Waals surface area (Å²) in [4.78, 5) is 24.9. The summed E-state index contributed by atoms with van der Waals surface area (Å²) in [6.45, 7) is 1.19. The molecule has 1 heterocycles. The first-order chi connectivity index (χ1) is 16.4. The minimum Gasteiger partial charge on any atom is -0.495 e. The van der Waals surface area contributed by atoms with Crippen LogP contribution in [0.1, 0.15) is 64.8 Å². The van der Waals surface area contributed by atoms with Crippen molar-refractivity contribution in [3.8, 4) is 5.75 Å². The van der Waals surface area contributed by atoms with Gasteiger partial charge in [0, 0.05) is 36.8 Å². The molecule has 1 saturated heterocycles. The van der Waals surface area contributed by atoms with Crippen LogP contribution in [-0.2, 0) is 16.6 Å². The molecule has 0 aromatic heterocycles. The Morgan fingerprint density at radius 1 is 0.941 bits per heavy atom. The van der Waals surface area contributed by atoms with Crippen LogP contribution in [0.4, 0.5) is 0 Å². The van der Waals surface area contributed by atoms with E-state index in [1.807, 2.05) is 0 Å². The Morgan fingerprint density at radius 3 is 2.21 bits per heavy atom. The topological polar surface area (TPSA) is 105 Å². The maximum absolute atomic E-state index is 13.3. The lowest BCUT2D eigenvalue weighted by Crippen LogP contribution is -2.32. The molecule has 2 N–H and O–H groups in total. The van der Waals surface area contributed by atoms with Crippen molar-refractivity contribution < 1.29 is 22.7 Å². The Labute approximate surface area is 200 Å². The first-order valence-electron chi connectivity index (χ1n) is 11.7. The number of hydrogen-bond acceptors (Lipinski definition) is 5. The van der Waals surface area contributed by atoms with Crippen molar-refractivity contribution in [2.45, 2.75) is 56.0 Å². The van der Waals surface area contributed by atoms with Gasteiger partial charge in [-0.25, -0.2) is 8.42 Å². The van der Waals surface area contributed by atoms with Crippen LogP contribution in [0, 0.1) is 0 Å². The maximum atomic E-state index is 13.3. The number of amides is 2. The third-order valence-corrected chi connectivity index (χ3v) is 8.11. The number of nitrogens with one attached hydrogen (secondary N) is 2. The highest BCUT2D eigenvalue weighted by Crippen LogP contribution is 2.29. The fourth-order valence-corrected chi connectivity index (χ4v) is 5.69. The summed E-state index contributed by atoms with van der Waals surface area (Å²) in [5, 5.41) is 5.77. The van der Waals surface area contributed by atoms with Crippen LogP contribution in [0.15, 0.2) is 47.4 Å². The molecule has 1 saturated carbocycles. The van der Waals surface area contributed by atoms with Crippen molar-refractivity contribution in [2.75, 3.05) is 20.2 Å². The van der Waals surface area contributed by atoms with E-state index >= 15 is 0 Å². The summed E-state index contributed by atoms with van der Waals surface area (Å²) in [5.41, 5.74) is 1.66. The first kappa shape index (κ1) is 24.2. The minimum atomic E-state index is -3.78. The summed E-state index contributed by atoms with van der Waals surface area (Å²) in [6.07, 6.45) is 5.73. The zero-order chi connectivity index (χ0) is 24.1. The standard InChI is InChI=1S/C25H31N3O5S/c1-33-22-13-10-20(16-23(22)34(31,32)28-14-4-2-3-5-15-28)24(29)26-17-18-6-8-19(9-7-18)25(30)27-21-11-12-21/h6-10,13,16,21H,2-5,11-12,14-15,17H2,1H3,(H,26,29)(H,27,30). The van der Waals surface area contributed by atoms with Crippen LogP contribution in [0.5, 0.6) is 5.75 Å². The number of nitrogens with zero attached hydrogens (tertiary/aromatic N) is 1. The maximum Gasteiger partial charge on any atom is 0.251 e. The smallest absolute Gasteiger partial charge is 0.251 e. The lowest BCUT2D eigenvalue weighted by atomic mass is 10.1. The number of carbonyl (C=O) groups excluding carboxylic acids is 2. The molecule has 9 heteroatoms. The fourth-order valence-electron chi connectivity index (χ4n) is 4.00. The minimum absolute atomic E-state index is 0.00979. The Bertz CT molecular complexity index is 1140. The van der Waals surface area contributed by atoms with E-state index < -0.39 is 10.0 Å². The molecule has 0 spiro atoms. The number of benzene rings is 2. The molecule has 34 heavy (non-hydrogen) atoms. The Morgan fingerprint density at radius 2 is 1.59 bits per heavy atom. The normalized spacial score (nSPS) is 17.0. The molecule has 2 fully saturated rings. The predicted octanol–water partition coefficient (Wildman–Crippen LogP) is 3.08. The SMILES string of the molecule is COc1ccc(C(=O)NCc2ccc(C(=O)NC3CC3)cc2)cc1S(=O)(=O)N1CCCCCC1. The molecule has 0 unspecified atom stereocenters. The van der Waals surface area contributed by atoms with Crippen molar-refractivity contribution in [1.82, 2.24) is 14.9 Å². The van der Waals surface area contributed by atoms with Crippen LogP contribution in [0.2, 0.25) is 0 Å². The second-order valence-electron chi connectivity index (χ2n) is 8.81. The van der Waals surface area contributed by atoms with Crippen LogP contribution in [-0.4, -0.2) is 50.8 Å². The summed E-state index contributed by atoms with van der Waals surface area (Å²) < 4.78 is 33.4. The molecule has 0 bridgehead atoms. The summed E-state index contributed by atoms with van der Waals surface area (Å²) in [6, 6.07) is 11.8. The van der Waals surface area contributed by atoms with Crippen molar-refractivity contribution in [3.63, 3.8) is 0 Å². The Hall–Kier alpha value is -2.91. The zero-order valence-corrected chi connectivity index (χ0v) is 20.2. The average molecular weight is 486 g/mol. The molecule has 2 aromatic carbocycles. The molecular formula is C25H31N3O5S. The molecule has 2 aromatic rings. The quantitative estimate of drug-likeness (QED) is 0.598. The fraction of sp³-hybridized carbons (Fsp3) is 0.440. The second kappa shape index (κ2) is 10.6. The van der Waals surface area contributed by atoms with E-state index in [-0.39, 0.29) is 34.6 Å². The Balaban J connectivity index is 1.44. The van der Waals surface area contributed by atoms with E-state index in [2.05, 4.69) is 10.6 Å². The molecule has 2 aliphatic rings. The molecule has 1 aliphatic carbocycles. The number of carbonyl (C=O) groups is 2. The summed E-state index contributed by atoms with van der Waals surface area (Å²) in [5.74, 6) is -0.249.